The van der Waals surface area contributed by atoms with E-state index in [1.54, 1.807) is 4.90 Å². The van der Waals surface area contributed by atoms with Crippen LogP contribution in [0.4, 0.5) is 0 Å². The van der Waals surface area contributed by atoms with Crippen LogP contribution in [0.2, 0.25) is 0 Å². The first-order valence-corrected chi connectivity index (χ1v) is 8.30. The molecule has 0 bridgehead atoms. The maximum absolute atomic E-state index is 12.0. The normalized spacial score (nSPS) is 11.1. The number of likely N-dealkylation sites (N-methyl/N-ethyl adjacent to an activating group) is 2. The van der Waals surface area contributed by atoms with E-state index in [1.165, 1.54) is 0 Å². The maximum atomic E-state index is 12.0. The van der Waals surface area contributed by atoms with Crippen molar-refractivity contribution < 1.29 is 14.3 Å². The molecule has 1 N–H and O–H groups in total. The van der Waals surface area contributed by atoms with Crippen LogP contribution < -0.4 is 5.32 Å². The third-order valence-corrected chi connectivity index (χ3v) is 3.12. The van der Waals surface area contributed by atoms with Crippen LogP contribution in [0.15, 0.2) is 12.3 Å². The number of ether oxygens (including phenoxy) is 2. The predicted octanol–water partition coefficient (Wildman–Crippen LogP) is 1.19. The van der Waals surface area contributed by atoms with Crippen LogP contribution in [0.5, 0.6) is 0 Å². The molecule has 0 aliphatic heterocycles. The standard InChI is InChI=1S/C17H35N3O3/c1-15(2)13-19(5)14-17(21)20(6)8-10-23-12-11-22-9-7-18-16(3)4/h15,18H,3,7-14H2,1-2,4-6H3. The molecule has 0 aliphatic rings. The lowest BCUT2D eigenvalue weighted by molar-refractivity contribution is -0.131. The fraction of sp³-hybridized carbons (Fsp3) is 0.824. The highest BCUT2D eigenvalue weighted by atomic mass is 16.5. The van der Waals surface area contributed by atoms with E-state index in [0.29, 0.717) is 45.4 Å². The van der Waals surface area contributed by atoms with Crippen LogP contribution in [-0.2, 0) is 14.3 Å². The summed E-state index contributed by atoms with van der Waals surface area (Å²) in [6, 6.07) is 0. The zero-order valence-electron chi connectivity index (χ0n) is 15.6. The summed E-state index contributed by atoms with van der Waals surface area (Å²) >= 11 is 0. The fourth-order valence-corrected chi connectivity index (χ4v) is 2.02. The van der Waals surface area contributed by atoms with E-state index in [-0.39, 0.29) is 5.91 Å². The van der Waals surface area contributed by atoms with Gasteiger partial charge in [-0.25, -0.2) is 0 Å². The minimum atomic E-state index is 0.124. The molecule has 6 nitrogen and oxygen atoms in total. The van der Waals surface area contributed by atoms with E-state index in [4.69, 9.17) is 9.47 Å². The van der Waals surface area contributed by atoms with E-state index < -0.39 is 0 Å². The van der Waals surface area contributed by atoms with Crippen molar-refractivity contribution in [2.24, 2.45) is 5.92 Å². The Balaban J connectivity index is 3.53. The molecular formula is C17H35N3O3. The Bertz CT molecular complexity index is 335. The summed E-state index contributed by atoms with van der Waals surface area (Å²) in [7, 11) is 3.79. The van der Waals surface area contributed by atoms with Gasteiger partial charge in [0.25, 0.3) is 0 Å². The Morgan fingerprint density at radius 2 is 1.74 bits per heavy atom. The van der Waals surface area contributed by atoms with E-state index in [1.807, 2.05) is 21.0 Å². The Kier molecular flexibility index (Phi) is 12.7. The minimum absolute atomic E-state index is 0.124. The van der Waals surface area contributed by atoms with Gasteiger partial charge in [0, 0.05) is 32.4 Å². The summed E-state index contributed by atoms with van der Waals surface area (Å²) in [4.78, 5) is 15.8. The number of allylic oxidation sites excluding steroid dienone is 1. The SMILES string of the molecule is C=C(C)NCCOCCOCCN(C)C(=O)CN(C)CC(C)C. The second kappa shape index (κ2) is 13.3. The van der Waals surface area contributed by atoms with Gasteiger partial charge in [-0.3, -0.25) is 9.69 Å². The summed E-state index contributed by atoms with van der Waals surface area (Å²) < 4.78 is 10.9. The Morgan fingerprint density at radius 1 is 1.13 bits per heavy atom. The third-order valence-electron chi connectivity index (χ3n) is 3.12. The molecule has 0 aliphatic carbocycles. The zero-order chi connectivity index (χ0) is 17.7. The largest absolute Gasteiger partial charge is 0.387 e. The molecule has 0 saturated carbocycles. The van der Waals surface area contributed by atoms with Gasteiger partial charge < -0.3 is 19.7 Å². The molecule has 0 radical (unpaired) electrons. The smallest absolute Gasteiger partial charge is 0.236 e. The lowest BCUT2D eigenvalue weighted by Crippen LogP contribution is -2.39. The van der Waals surface area contributed by atoms with Crippen molar-refractivity contribution in [2.75, 3.05) is 66.7 Å². The predicted molar refractivity (Wildman–Crippen MR) is 94.4 cm³/mol. The first kappa shape index (κ1) is 21.9. The molecule has 0 aromatic rings. The van der Waals surface area contributed by atoms with Crippen LogP contribution >= 0.6 is 0 Å². The van der Waals surface area contributed by atoms with Crippen molar-refractivity contribution >= 4 is 5.91 Å². The molecular weight excluding hydrogens is 294 g/mol. The fourth-order valence-electron chi connectivity index (χ4n) is 2.02. The number of carbonyl (C=O) groups is 1. The number of nitrogens with one attached hydrogen (secondary N) is 1. The number of hydrogen-bond donors (Lipinski definition) is 1. The second-order valence-corrected chi connectivity index (χ2v) is 6.34. The number of amides is 1. The number of hydrogen-bond acceptors (Lipinski definition) is 5. The Morgan fingerprint density at radius 3 is 2.30 bits per heavy atom. The summed E-state index contributed by atoms with van der Waals surface area (Å²) in [6.07, 6.45) is 0. The van der Waals surface area contributed by atoms with Crippen LogP contribution in [0, 0.1) is 5.92 Å². The van der Waals surface area contributed by atoms with Crippen LogP contribution in [0.1, 0.15) is 20.8 Å². The lowest BCUT2D eigenvalue weighted by Gasteiger charge is -2.23. The minimum Gasteiger partial charge on any atom is -0.387 e. The van der Waals surface area contributed by atoms with Gasteiger partial charge in [-0.15, -0.1) is 0 Å². The number of carbonyl (C=O) groups excluding carboxylic acids is 1. The molecule has 6 heteroatoms. The first-order valence-electron chi connectivity index (χ1n) is 8.30. The van der Waals surface area contributed by atoms with E-state index >= 15 is 0 Å². The van der Waals surface area contributed by atoms with Gasteiger partial charge in [-0.05, 0) is 19.9 Å². The van der Waals surface area contributed by atoms with Gasteiger partial charge in [0.2, 0.25) is 5.91 Å². The van der Waals surface area contributed by atoms with Crippen LogP contribution in [-0.4, -0.2) is 82.4 Å². The zero-order valence-corrected chi connectivity index (χ0v) is 15.6. The highest BCUT2D eigenvalue weighted by Gasteiger charge is 2.12. The quantitative estimate of drug-likeness (QED) is 0.485. The topological polar surface area (TPSA) is 54.0 Å². The summed E-state index contributed by atoms with van der Waals surface area (Å²) in [5, 5.41) is 3.09. The van der Waals surface area contributed by atoms with Crippen LogP contribution in [0.25, 0.3) is 0 Å². The Hall–Kier alpha value is -1.11. The second-order valence-electron chi connectivity index (χ2n) is 6.34. The number of rotatable bonds is 14. The molecule has 0 unspecified atom stereocenters. The Labute approximate surface area is 141 Å². The number of nitrogens with zero attached hydrogens (tertiary/aromatic N) is 2. The van der Waals surface area contributed by atoms with Crippen molar-refractivity contribution in [3.05, 3.63) is 12.3 Å². The highest BCUT2D eigenvalue weighted by molar-refractivity contribution is 5.77. The summed E-state index contributed by atoms with van der Waals surface area (Å²) in [6.45, 7) is 15.0. The van der Waals surface area contributed by atoms with E-state index in [0.717, 1.165) is 18.8 Å². The van der Waals surface area contributed by atoms with Gasteiger partial charge in [0.1, 0.15) is 0 Å². The molecule has 1 amide bonds. The summed E-state index contributed by atoms with van der Waals surface area (Å²) in [5.41, 5.74) is 0.941. The average Bonchev–Trinajstić information content (AvgIpc) is 2.43. The molecule has 23 heavy (non-hydrogen) atoms. The highest BCUT2D eigenvalue weighted by Crippen LogP contribution is 1.97. The molecule has 0 spiro atoms. The van der Waals surface area contributed by atoms with Crippen molar-refractivity contribution in [1.29, 1.82) is 0 Å². The molecule has 0 heterocycles. The van der Waals surface area contributed by atoms with Crippen molar-refractivity contribution in [3.63, 3.8) is 0 Å². The molecule has 0 saturated heterocycles. The van der Waals surface area contributed by atoms with Gasteiger partial charge in [0.05, 0.1) is 33.0 Å². The first-order chi connectivity index (χ1) is 10.8. The molecule has 0 aromatic carbocycles. The van der Waals surface area contributed by atoms with Crippen molar-refractivity contribution in [3.8, 4) is 0 Å². The molecule has 0 fully saturated rings. The van der Waals surface area contributed by atoms with Crippen molar-refractivity contribution in [1.82, 2.24) is 15.1 Å². The van der Waals surface area contributed by atoms with Gasteiger partial charge in [-0.1, -0.05) is 20.4 Å². The molecule has 0 atom stereocenters. The van der Waals surface area contributed by atoms with E-state index in [9.17, 15) is 4.79 Å². The van der Waals surface area contributed by atoms with Gasteiger partial charge in [0.15, 0.2) is 0 Å². The lowest BCUT2D eigenvalue weighted by atomic mass is 10.2. The van der Waals surface area contributed by atoms with Crippen LogP contribution in [0.3, 0.4) is 0 Å². The average molecular weight is 329 g/mol. The molecule has 0 rings (SSSR count). The van der Waals surface area contributed by atoms with Gasteiger partial charge >= 0.3 is 0 Å². The van der Waals surface area contributed by atoms with E-state index in [2.05, 4.69) is 30.6 Å². The van der Waals surface area contributed by atoms with Crippen molar-refractivity contribution in [2.45, 2.75) is 20.8 Å². The molecule has 136 valence electrons. The molecule has 0 aromatic heterocycles. The van der Waals surface area contributed by atoms with Gasteiger partial charge in [-0.2, -0.15) is 0 Å². The third kappa shape index (κ3) is 14.2. The maximum Gasteiger partial charge on any atom is 0.236 e. The monoisotopic (exact) mass is 329 g/mol. The summed E-state index contributed by atoms with van der Waals surface area (Å²) in [5.74, 6) is 0.686.